The summed E-state index contributed by atoms with van der Waals surface area (Å²) < 4.78 is 5.67. The van der Waals surface area contributed by atoms with Gasteiger partial charge in [0.2, 0.25) is 5.88 Å². The monoisotopic (exact) mass is 281 g/mol. The number of anilines is 1. The van der Waals surface area contributed by atoms with Gasteiger partial charge in [-0.2, -0.15) is 0 Å². The molecule has 0 unspecified atom stereocenters. The largest absolute Gasteiger partial charge is 0.478 e. The lowest BCUT2D eigenvalue weighted by Gasteiger charge is -2.09. The Hall–Kier alpha value is -3.15. The van der Waals surface area contributed by atoms with Crippen LogP contribution in [-0.2, 0) is 0 Å². The van der Waals surface area contributed by atoms with E-state index >= 15 is 0 Å². The Morgan fingerprint density at radius 2 is 2.00 bits per heavy atom. The molecule has 0 atom stereocenters. The van der Waals surface area contributed by atoms with E-state index in [1.165, 1.54) is 12.3 Å². The number of carboxylic acid groups (broad SMARTS) is 1. The Morgan fingerprint density at radius 1 is 1.19 bits per heavy atom. The average Bonchev–Trinajstić information content (AvgIpc) is 2.49. The van der Waals surface area contributed by atoms with E-state index in [0.717, 1.165) is 5.39 Å². The van der Waals surface area contributed by atoms with Gasteiger partial charge >= 0.3 is 5.97 Å². The van der Waals surface area contributed by atoms with Gasteiger partial charge in [0.25, 0.3) is 0 Å². The lowest BCUT2D eigenvalue weighted by atomic mass is 10.2. The van der Waals surface area contributed by atoms with E-state index < -0.39 is 5.97 Å². The maximum Gasteiger partial charge on any atom is 0.337 e. The van der Waals surface area contributed by atoms with Crippen LogP contribution in [0.3, 0.4) is 0 Å². The Labute approximate surface area is 119 Å². The molecule has 0 radical (unpaired) electrons. The van der Waals surface area contributed by atoms with Crippen LogP contribution in [0.1, 0.15) is 10.4 Å². The highest BCUT2D eigenvalue weighted by Crippen LogP contribution is 2.30. The molecule has 1 aromatic carbocycles. The number of pyridine rings is 2. The van der Waals surface area contributed by atoms with Crippen molar-refractivity contribution in [1.29, 1.82) is 0 Å². The molecule has 0 saturated carbocycles. The van der Waals surface area contributed by atoms with Gasteiger partial charge in [0.1, 0.15) is 5.52 Å². The first-order chi connectivity index (χ1) is 10.1. The number of aromatic nitrogens is 2. The highest BCUT2D eigenvalue weighted by molar-refractivity contribution is 5.89. The molecule has 0 amide bonds. The van der Waals surface area contributed by atoms with Crippen LogP contribution in [0.2, 0.25) is 0 Å². The van der Waals surface area contributed by atoms with E-state index in [1.54, 1.807) is 12.3 Å². The number of benzene rings is 1. The van der Waals surface area contributed by atoms with Crippen molar-refractivity contribution in [3.63, 3.8) is 0 Å². The van der Waals surface area contributed by atoms with Crippen molar-refractivity contribution in [3.8, 4) is 11.6 Å². The topological polar surface area (TPSA) is 98.3 Å². The Kier molecular flexibility index (Phi) is 3.12. The number of nitrogens with zero attached hydrogens (tertiary/aromatic N) is 2. The summed E-state index contributed by atoms with van der Waals surface area (Å²) in [4.78, 5) is 19.1. The van der Waals surface area contributed by atoms with Crippen LogP contribution in [-0.4, -0.2) is 21.0 Å². The molecule has 3 rings (SSSR count). The minimum atomic E-state index is -1.09. The van der Waals surface area contributed by atoms with Crippen LogP contribution in [0.25, 0.3) is 10.9 Å². The molecule has 2 heterocycles. The second-order valence-corrected chi connectivity index (χ2v) is 4.36. The number of hydrogen-bond acceptors (Lipinski definition) is 5. The molecule has 0 spiro atoms. The highest BCUT2D eigenvalue weighted by atomic mass is 16.5. The van der Waals surface area contributed by atoms with E-state index in [1.807, 2.05) is 24.3 Å². The van der Waals surface area contributed by atoms with Crippen LogP contribution < -0.4 is 10.5 Å². The first-order valence-corrected chi connectivity index (χ1v) is 6.15. The number of nitrogen functional groups attached to an aromatic ring is 1. The standard InChI is InChI=1S/C15H11N3O3/c16-11-7-10(15(19)20)8-18-14(11)21-12-5-1-3-9-4-2-6-17-13(9)12/h1-8H,16H2,(H,19,20). The summed E-state index contributed by atoms with van der Waals surface area (Å²) in [5.74, 6) is -0.430. The van der Waals surface area contributed by atoms with E-state index in [9.17, 15) is 4.79 Å². The number of carboxylic acids is 1. The molecule has 3 N–H and O–H groups in total. The second kappa shape index (κ2) is 5.09. The molecule has 0 fully saturated rings. The molecule has 0 bridgehead atoms. The van der Waals surface area contributed by atoms with Gasteiger partial charge in [-0.1, -0.05) is 18.2 Å². The van der Waals surface area contributed by atoms with Gasteiger partial charge in [-0.3, -0.25) is 4.98 Å². The van der Waals surface area contributed by atoms with Gasteiger partial charge in [0, 0.05) is 17.8 Å². The van der Waals surface area contributed by atoms with Gasteiger partial charge in [-0.05, 0) is 18.2 Å². The van der Waals surface area contributed by atoms with Crippen molar-refractivity contribution in [1.82, 2.24) is 9.97 Å². The first-order valence-electron chi connectivity index (χ1n) is 6.15. The fraction of sp³-hybridized carbons (Fsp3) is 0. The highest BCUT2D eigenvalue weighted by Gasteiger charge is 2.11. The number of para-hydroxylation sites is 1. The molecule has 6 heteroatoms. The fourth-order valence-corrected chi connectivity index (χ4v) is 1.93. The SMILES string of the molecule is Nc1cc(C(=O)O)cnc1Oc1cccc2cccnc12. The van der Waals surface area contributed by atoms with Gasteiger partial charge in [0.15, 0.2) is 5.75 Å². The molecular weight excluding hydrogens is 270 g/mol. The molecule has 6 nitrogen and oxygen atoms in total. The smallest absolute Gasteiger partial charge is 0.337 e. The number of aromatic carboxylic acids is 1. The zero-order chi connectivity index (χ0) is 14.8. The number of rotatable bonds is 3. The Balaban J connectivity index is 2.01. The number of carbonyl (C=O) groups is 1. The summed E-state index contributed by atoms with van der Waals surface area (Å²) in [6.07, 6.45) is 2.87. The third kappa shape index (κ3) is 2.46. The molecule has 0 saturated heterocycles. The van der Waals surface area contributed by atoms with Crippen LogP contribution >= 0.6 is 0 Å². The predicted molar refractivity (Wildman–Crippen MR) is 77.4 cm³/mol. The van der Waals surface area contributed by atoms with Crippen LogP contribution in [0.5, 0.6) is 11.6 Å². The van der Waals surface area contributed by atoms with Crippen molar-refractivity contribution in [2.75, 3.05) is 5.73 Å². The van der Waals surface area contributed by atoms with Gasteiger partial charge in [0.05, 0.1) is 11.3 Å². The molecule has 3 aromatic rings. The number of ether oxygens (including phenoxy) is 1. The van der Waals surface area contributed by atoms with Crippen molar-refractivity contribution in [2.45, 2.75) is 0 Å². The van der Waals surface area contributed by atoms with Crippen molar-refractivity contribution in [3.05, 3.63) is 54.4 Å². The summed E-state index contributed by atoms with van der Waals surface area (Å²) in [5.41, 5.74) is 6.63. The normalized spacial score (nSPS) is 10.5. The molecular formula is C15H11N3O3. The number of fused-ring (bicyclic) bond motifs is 1. The summed E-state index contributed by atoms with van der Waals surface area (Å²) >= 11 is 0. The Morgan fingerprint density at radius 3 is 2.76 bits per heavy atom. The predicted octanol–water partition coefficient (Wildman–Crippen LogP) is 2.70. The van der Waals surface area contributed by atoms with Gasteiger partial charge in [-0.15, -0.1) is 0 Å². The molecule has 0 aliphatic heterocycles. The van der Waals surface area contributed by atoms with Crippen molar-refractivity contribution < 1.29 is 14.6 Å². The number of nitrogens with two attached hydrogens (primary N) is 1. The summed E-state index contributed by atoms with van der Waals surface area (Å²) in [7, 11) is 0. The van der Waals surface area contributed by atoms with Crippen LogP contribution in [0.15, 0.2) is 48.8 Å². The molecule has 0 aliphatic carbocycles. The quantitative estimate of drug-likeness (QED) is 0.765. The Bertz CT molecular complexity index is 828. The third-order valence-electron chi connectivity index (χ3n) is 2.93. The van der Waals surface area contributed by atoms with Crippen molar-refractivity contribution >= 4 is 22.6 Å². The maximum absolute atomic E-state index is 10.9. The van der Waals surface area contributed by atoms with Gasteiger partial charge in [-0.25, -0.2) is 9.78 Å². The lowest BCUT2D eigenvalue weighted by Crippen LogP contribution is -2.02. The summed E-state index contributed by atoms with van der Waals surface area (Å²) in [6.45, 7) is 0. The second-order valence-electron chi connectivity index (χ2n) is 4.36. The van der Waals surface area contributed by atoms with E-state index in [2.05, 4.69) is 9.97 Å². The lowest BCUT2D eigenvalue weighted by molar-refractivity contribution is 0.0696. The van der Waals surface area contributed by atoms with E-state index in [4.69, 9.17) is 15.6 Å². The summed E-state index contributed by atoms with van der Waals surface area (Å²) in [6, 6.07) is 10.6. The molecule has 0 aliphatic rings. The molecule has 104 valence electrons. The minimum absolute atomic E-state index is 0.0101. The zero-order valence-electron chi connectivity index (χ0n) is 10.9. The first kappa shape index (κ1) is 12.9. The fourth-order valence-electron chi connectivity index (χ4n) is 1.93. The van der Waals surface area contributed by atoms with Crippen LogP contribution in [0.4, 0.5) is 5.69 Å². The van der Waals surface area contributed by atoms with Crippen LogP contribution in [0, 0.1) is 0 Å². The maximum atomic E-state index is 10.9. The van der Waals surface area contributed by atoms with E-state index in [0.29, 0.717) is 11.3 Å². The molecule has 21 heavy (non-hydrogen) atoms. The molecule has 2 aromatic heterocycles. The summed E-state index contributed by atoms with van der Waals surface area (Å²) in [5, 5.41) is 9.81. The zero-order valence-corrected chi connectivity index (χ0v) is 10.9. The van der Waals surface area contributed by atoms with E-state index in [-0.39, 0.29) is 17.1 Å². The minimum Gasteiger partial charge on any atom is -0.478 e. The average molecular weight is 281 g/mol. The third-order valence-corrected chi connectivity index (χ3v) is 2.93. The van der Waals surface area contributed by atoms with Crippen molar-refractivity contribution in [2.24, 2.45) is 0 Å². The number of hydrogen-bond donors (Lipinski definition) is 2. The van der Waals surface area contributed by atoms with Gasteiger partial charge < -0.3 is 15.6 Å².